The van der Waals surface area contributed by atoms with Crippen LogP contribution >= 0.6 is 0 Å². The summed E-state index contributed by atoms with van der Waals surface area (Å²) in [7, 11) is -2.17. The number of sulfonamides is 1. The van der Waals surface area contributed by atoms with Crippen LogP contribution in [0.3, 0.4) is 0 Å². The zero-order valence-corrected chi connectivity index (χ0v) is 15.1. The van der Waals surface area contributed by atoms with Gasteiger partial charge in [0.05, 0.1) is 7.11 Å². The van der Waals surface area contributed by atoms with Gasteiger partial charge in [0, 0.05) is 12.6 Å². The Bertz CT molecular complexity index is 637. The quantitative estimate of drug-likeness (QED) is 0.833. The van der Waals surface area contributed by atoms with Gasteiger partial charge in [-0.25, -0.2) is 13.1 Å². The maximum absolute atomic E-state index is 12.9. The van der Waals surface area contributed by atoms with Crippen LogP contribution in [0, 0.1) is 19.8 Å². The molecule has 1 aromatic rings. The van der Waals surface area contributed by atoms with Gasteiger partial charge in [-0.1, -0.05) is 25.3 Å². The van der Waals surface area contributed by atoms with E-state index in [4.69, 9.17) is 10.5 Å². The summed E-state index contributed by atoms with van der Waals surface area (Å²) in [6.07, 6.45) is 5.60. The molecule has 0 bridgehead atoms. The van der Waals surface area contributed by atoms with Crippen molar-refractivity contribution >= 4 is 10.0 Å². The highest BCUT2D eigenvalue weighted by atomic mass is 32.2. The van der Waals surface area contributed by atoms with E-state index < -0.39 is 10.0 Å². The summed E-state index contributed by atoms with van der Waals surface area (Å²) in [4.78, 5) is 0.201. The molecule has 6 heteroatoms. The standard InChI is InChI=1S/C17H28N2O3S/c1-12-9-13(2)17(22-3)16(10-12)23(20,21)19-15(11-18)14-7-5-4-6-8-14/h9-10,14-15,19H,4-8,11,18H2,1-3H3. The van der Waals surface area contributed by atoms with Gasteiger partial charge in [-0.15, -0.1) is 0 Å². The zero-order chi connectivity index (χ0) is 17.0. The SMILES string of the molecule is COc1c(C)cc(C)cc1S(=O)(=O)NC(CN)C1CCCCC1. The van der Waals surface area contributed by atoms with Crippen molar-refractivity contribution in [3.63, 3.8) is 0 Å². The molecule has 5 nitrogen and oxygen atoms in total. The van der Waals surface area contributed by atoms with Gasteiger partial charge in [0.2, 0.25) is 10.0 Å². The number of hydrogen-bond acceptors (Lipinski definition) is 4. The highest BCUT2D eigenvalue weighted by molar-refractivity contribution is 7.89. The number of aryl methyl sites for hydroxylation is 2. The van der Waals surface area contributed by atoms with Gasteiger partial charge in [0.1, 0.15) is 10.6 Å². The first-order chi connectivity index (χ1) is 10.9. The molecular formula is C17H28N2O3S. The molecule has 0 radical (unpaired) electrons. The molecule has 3 N–H and O–H groups in total. The van der Waals surface area contributed by atoms with Crippen LogP contribution < -0.4 is 15.2 Å². The third-order valence-corrected chi connectivity index (χ3v) is 6.15. The molecule has 0 spiro atoms. The number of benzene rings is 1. The van der Waals surface area contributed by atoms with Crippen molar-refractivity contribution in [1.82, 2.24) is 4.72 Å². The number of nitrogens with one attached hydrogen (secondary N) is 1. The third kappa shape index (κ3) is 4.25. The fourth-order valence-electron chi connectivity index (χ4n) is 3.51. The van der Waals surface area contributed by atoms with Crippen molar-refractivity contribution in [3.8, 4) is 5.75 Å². The summed E-state index contributed by atoms with van der Waals surface area (Å²) >= 11 is 0. The molecule has 0 aliphatic heterocycles. The fourth-order valence-corrected chi connectivity index (χ4v) is 5.16. The van der Waals surface area contributed by atoms with E-state index in [9.17, 15) is 8.42 Å². The van der Waals surface area contributed by atoms with E-state index in [0.717, 1.165) is 36.8 Å². The summed E-state index contributed by atoms with van der Waals surface area (Å²) in [6.45, 7) is 4.05. The van der Waals surface area contributed by atoms with E-state index in [1.807, 2.05) is 19.9 Å². The lowest BCUT2D eigenvalue weighted by molar-refractivity contribution is 0.294. The number of methoxy groups -OCH3 is 1. The molecule has 1 atom stereocenters. The Morgan fingerprint density at radius 3 is 2.48 bits per heavy atom. The molecular weight excluding hydrogens is 312 g/mol. The molecule has 130 valence electrons. The van der Waals surface area contributed by atoms with Gasteiger partial charge in [-0.2, -0.15) is 0 Å². The molecule has 2 rings (SSSR count). The van der Waals surface area contributed by atoms with Crippen LogP contribution in [0.25, 0.3) is 0 Å². The second-order valence-electron chi connectivity index (χ2n) is 6.47. The van der Waals surface area contributed by atoms with Crippen molar-refractivity contribution in [2.45, 2.75) is 56.9 Å². The van der Waals surface area contributed by atoms with Crippen LogP contribution in [0.4, 0.5) is 0 Å². The van der Waals surface area contributed by atoms with Crippen LogP contribution in [0.2, 0.25) is 0 Å². The van der Waals surface area contributed by atoms with E-state index in [1.165, 1.54) is 13.5 Å². The first-order valence-electron chi connectivity index (χ1n) is 8.26. The van der Waals surface area contributed by atoms with Gasteiger partial charge in [-0.05, 0) is 49.8 Å². The third-order valence-electron chi connectivity index (χ3n) is 4.66. The number of ether oxygens (including phenoxy) is 1. The average Bonchev–Trinajstić information content (AvgIpc) is 2.53. The van der Waals surface area contributed by atoms with Gasteiger partial charge >= 0.3 is 0 Å². The monoisotopic (exact) mass is 340 g/mol. The largest absolute Gasteiger partial charge is 0.495 e. The van der Waals surface area contributed by atoms with E-state index >= 15 is 0 Å². The van der Waals surface area contributed by atoms with Crippen molar-refractivity contribution < 1.29 is 13.2 Å². The first-order valence-corrected chi connectivity index (χ1v) is 9.75. The first kappa shape index (κ1) is 18.2. The predicted octanol–water partition coefficient (Wildman–Crippen LogP) is 2.50. The molecule has 0 heterocycles. The smallest absolute Gasteiger partial charge is 0.244 e. The van der Waals surface area contributed by atoms with E-state index in [0.29, 0.717) is 18.2 Å². The molecule has 0 saturated heterocycles. The Hall–Kier alpha value is -1.11. The van der Waals surface area contributed by atoms with Crippen LogP contribution in [-0.4, -0.2) is 28.1 Å². The van der Waals surface area contributed by atoms with E-state index in [-0.39, 0.29) is 10.9 Å². The molecule has 1 unspecified atom stereocenters. The Kier molecular flexibility index (Phi) is 6.06. The molecule has 0 aromatic heterocycles. The number of rotatable bonds is 6. The normalized spacial score (nSPS) is 17.9. The molecule has 1 aliphatic rings. The summed E-state index contributed by atoms with van der Waals surface area (Å²) in [6, 6.07) is 3.35. The topological polar surface area (TPSA) is 81.4 Å². The molecule has 1 aliphatic carbocycles. The Morgan fingerprint density at radius 1 is 1.26 bits per heavy atom. The summed E-state index contributed by atoms with van der Waals surface area (Å²) in [5.74, 6) is 0.725. The summed E-state index contributed by atoms with van der Waals surface area (Å²) in [5, 5.41) is 0. The van der Waals surface area contributed by atoms with Crippen molar-refractivity contribution in [2.75, 3.05) is 13.7 Å². The molecule has 23 heavy (non-hydrogen) atoms. The minimum absolute atomic E-state index is 0.201. The van der Waals surface area contributed by atoms with Gasteiger partial charge < -0.3 is 10.5 Å². The van der Waals surface area contributed by atoms with Crippen molar-refractivity contribution in [1.29, 1.82) is 0 Å². The van der Waals surface area contributed by atoms with E-state index in [2.05, 4.69) is 4.72 Å². The highest BCUT2D eigenvalue weighted by Crippen LogP contribution is 2.31. The van der Waals surface area contributed by atoms with Crippen LogP contribution in [-0.2, 0) is 10.0 Å². The fraction of sp³-hybridized carbons (Fsp3) is 0.647. The Balaban J connectivity index is 2.30. The molecule has 1 fully saturated rings. The average molecular weight is 340 g/mol. The van der Waals surface area contributed by atoms with Crippen LogP contribution in [0.1, 0.15) is 43.2 Å². The minimum atomic E-state index is -3.66. The molecule has 0 amide bonds. The maximum atomic E-state index is 12.9. The van der Waals surface area contributed by atoms with E-state index in [1.54, 1.807) is 6.07 Å². The molecule has 1 aromatic carbocycles. The number of hydrogen-bond donors (Lipinski definition) is 2. The second kappa shape index (κ2) is 7.64. The lowest BCUT2D eigenvalue weighted by atomic mass is 9.84. The zero-order valence-electron chi connectivity index (χ0n) is 14.3. The van der Waals surface area contributed by atoms with Gasteiger partial charge in [0.15, 0.2) is 0 Å². The Morgan fingerprint density at radius 2 is 1.91 bits per heavy atom. The maximum Gasteiger partial charge on any atom is 0.244 e. The molecule has 1 saturated carbocycles. The minimum Gasteiger partial charge on any atom is -0.495 e. The summed E-state index contributed by atoms with van der Waals surface area (Å²) < 4.78 is 33.9. The Labute approximate surface area is 139 Å². The highest BCUT2D eigenvalue weighted by Gasteiger charge is 2.29. The summed E-state index contributed by atoms with van der Waals surface area (Å²) in [5.41, 5.74) is 7.57. The lowest BCUT2D eigenvalue weighted by Gasteiger charge is -2.30. The van der Waals surface area contributed by atoms with Crippen molar-refractivity contribution in [2.24, 2.45) is 11.7 Å². The van der Waals surface area contributed by atoms with Gasteiger partial charge in [0.25, 0.3) is 0 Å². The van der Waals surface area contributed by atoms with Gasteiger partial charge in [-0.3, -0.25) is 0 Å². The number of nitrogens with two attached hydrogens (primary N) is 1. The van der Waals surface area contributed by atoms with Crippen molar-refractivity contribution in [3.05, 3.63) is 23.3 Å². The predicted molar refractivity (Wildman–Crippen MR) is 92.2 cm³/mol. The van der Waals surface area contributed by atoms with Crippen LogP contribution in [0.5, 0.6) is 5.75 Å². The lowest BCUT2D eigenvalue weighted by Crippen LogP contribution is -2.45. The second-order valence-corrected chi connectivity index (χ2v) is 8.16. The van der Waals surface area contributed by atoms with Crippen LogP contribution in [0.15, 0.2) is 17.0 Å².